The van der Waals surface area contributed by atoms with Crippen molar-refractivity contribution < 1.29 is 0 Å². The number of nitrogens with one attached hydrogen (secondary N) is 2. The first-order valence-corrected chi connectivity index (χ1v) is 8.85. The van der Waals surface area contributed by atoms with E-state index < -0.39 is 0 Å². The fourth-order valence-electron chi connectivity index (χ4n) is 2.09. The molecule has 0 spiro atoms. The van der Waals surface area contributed by atoms with Gasteiger partial charge in [0, 0.05) is 56.2 Å². The predicted octanol–water partition coefficient (Wildman–Crippen LogP) is 3.23. The van der Waals surface area contributed by atoms with Crippen LogP contribution in [0.5, 0.6) is 0 Å². The second-order valence-corrected chi connectivity index (χ2v) is 6.47. The molecule has 24 heavy (non-hydrogen) atoms. The van der Waals surface area contributed by atoms with Crippen molar-refractivity contribution >= 4 is 41.3 Å². The number of thiazole rings is 1. The van der Waals surface area contributed by atoms with Crippen molar-refractivity contribution in [3.63, 3.8) is 0 Å². The Bertz CT molecular complexity index is 612. The molecule has 132 valence electrons. The number of rotatable bonds is 7. The highest BCUT2D eigenvalue weighted by Gasteiger charge is 2.06. The maximum absolute atomic E-state index is 4.64. The third-order valence-corrected chi connectivity index (χ3v) is 4.55. The highest BCUT2D eigenvalue weighted by Crippen LogP contribution is 2.19. The third kappa shape index (κ3) is 7.12. The molecule has 7 heteroatoms. The van der Waals surface area contributed by atoms with E-state index in [-0.39, 0.29) is 24.0 Å². The Labute approximate surface area is 165 Å². The van der Waals surface area contributed by atoms with Gasteiger partial charge in [0.25, 0.3) is 0 Å². The number of pyridine rings is 1. The van der Waals surface area contributed by atoms with Crippen LogP contribution in [0.1, 0.15) is 36.2 Å². The van der Waals surface area contributed by atoms with Crippen LogP contribution in [-0.2, 0) is 12.8 Å². The first-order chi connectivity index (χ1) is 11.2. The lowest BCUT2D eigenvalue weighted by Gasteiger charge is -2.11. The standard InChI is InChI=1S/C17H25N5S.HI/c1-13(2)16-22-15(12-23-16)8-11-21-17(18-3)20-10-7-14-6-4-5-9-19-14;/h4-6,9,12-13H,7-8,10-11H2,1-3H3,(H2,18,20,21);1H. The van der Waals surface area contributed by atoms with Crippen molar-refractivity contribution in [1.29, 1.82) is 0 Å². The van der Waals surface area contributed by atoms with E-state index in [1.807, 2.05) is 24.4 Å². The van der Waals surface area contributed by atoms with Crippen molar-refractivity contribution in [2.75, 3.05) is 20.1 Å². The summed E-state index contributed by atoms with van der Waals surface area (Å²) in [4.78, 5) is 13.2. The van der Waals surface area contributed by atoms with E-state index in [9.17, 15) is 0 Å². The van der Waals surface area contributed by atoms with Crippen LogP contribution in [0.2, 0.25) is 0 Å². The Kier molecular flexibility index (Phi) is 9.85. The molecule has 2 N–H and O–H groups in total. The quantitative estimate of drug-likeness (QED) is 0.379. The largest absolute Gasteiger partial charge is 0.356 e. The molecule has 0 unspecified atom stereocenters. The van der Waals surface area contributed by atoms with E-state index in [0.29, 0.717) is 5.92 Å². The van der Waals surface area contributed by atoms with Gasteiger partial charge in [0.15, 0.2) is 5.96 Å². The summed E-state index contributed by atoms with van der Waals surface area (Å²) in [7, 11) is 1.79. The van der Waals surface area contributed by atoms with Gasteiger partial charge in [-0.15, -0.1) is 35.3 Å². The van der Waals surface area contributed by atoms with E-state index in [4.69, 9.17) is 0 Å². The van der Waals surface area contributed by atoms with Crippen molar-refractivity contribution in [2.45, 2.75) is 32.6 Å². The number of nitrogens with zero attached hydrogens (tertiary/aromatic N) is 3. The molecule has 0 amide bonds. The molecule has 0 atom stereocenters. The Balaban J connectivity index is 0.00000288. The molecular weight excluding hydrogens is 433 g/mol. The van der Waals surface area contributed by atoms with E-state index in [1.54, 1.807) is 18.4 Å². The van der Waals surface area contributed by atoms with Gasteiger partial charge >= 0.3 is 0 Å². The summed E-state index contributed by atoms with van der Waals surface area (Å²) in [6.07, 6.45) is 3.61. The van der Waals surface area contributed by atoms with Crippen molar-refractivity contribution in [1.82, 2.24) is 20.6 Å². The van der Waals surface area contributed by atoms with Gasteiger partial charge in [-0.2, -0.15) is 0 Å². The normalized spacial score (nSPS) is 11.2. The Morgan fingerprint density at radius 2 is 1.88 bits per heavy atom. The van der Waals surface area contributed by atoms with Crippen LogP contribution in [-0.4, -0.2) is 36.1 Å². The summed E-state index contributed by atoms with van der Waals surface area (Å²) >= 11 is 1.74. The van der Waals surface area contributed by atoms with Gasteiger partial charge < -0.3 is 10.6 Å². The molecule has 0 aliphatic heterocycles. The molecule has 0 aliphatic rings. The van der Waals surface area contributed by atoms with E-state index >= 15 is 0 Å². The van der Waals surface area contributed by atoms with E-state index in [0.717, 1.165) is 43.3 Å². The molecule has 2 aromatic rings. The molecule has 0 fully saturated rings. The molecule has 2 aromatic heterocycles. The van der Waals surface area contributed by atoms with E-state index in [1.165, 1.54) is 5.01 Å². The Morgan fingerprint density at radius 3 is 2.42 bits per heavy atom. The zero-order chi connectivity index (χ0) is 16.5. The van der Waals surface area contributed by atoms with Gasteiger partial charge in [0.1, 0.15) is 0 Å². The number of hydrogen-bond donors (Lipinski definition) is 2. The first kappa shape index (κ1) is 20.8. The highest BCUT2D eigenvalue weighted by atomic mass is 127. The average molecular weight is 459 g/mol. The summed E-state index contributed by atoms with van der Waals surface area (Å²) in [5.41, 5.74) is 2.23. The van der Waals surface area contributed by atoms with Gasteiger partial charge in [0.05, 0.1) is 10.7 Å². The van der Waals surface area contributed by atoms with Crippen LogP contribution >= 0.6 is 35.3 Å². The topological polar surface area (TPSA) is 62.2 Å². The molecule has 0 saturated heterocycles. The summed E-state index contributed by atoms with van der Waals surface area (Å²) in [5, 5.41) is 9.99. The molecule has 5 nitrogen and oxygen atoms in total. The average Bonchev–Trinajstić information content (AvgIpc) is 3.03. The maximum atomic E-state index is 4.64. The summed E-state index contributed by atoms with van der Waals surface area (Å²) in [6.45, 7) is 5.98. The molecule has 0 aromatic carbocycles. The van der Waals surface area contributed by atoms with Crippen LogP contribution in [0.4, 0.5) is 0 Å². The predicted molar refractivity (Wildman–Crippen MR) is 113 cm³/mol. The summed E-state index contributed by atoms with van der Waals surface area (Å²) in [5.74, 6) is 1.32. The zero-order valence-corrected chi connectivity index (χ0v) is 17.6. The second-order valence-electron chi connectivity index (χ2n) is 5.58. The maximum Gasteiger partial charge on any atom is 0.191 e. The van der Waals surface area contributed by atoms with E-state index in [2.05, 4.69) is 44.8 Å². The zero-order valence-electron chi connectivity index (χ0n) is 14.5. The number of hydrogen-bond acceptors (Lipinski definition) is 4. The number of aromatic nitrogens is 2. The molecular formula is C17H26IN5S. The fourth-order valence-corrected chi connectivity index (χ4v) is 2.96. The fraction of sp³-hybridized carbons (Fsp3) is 0.471. The van der Waals surface area contributed by atoms with Gasteiger partial charge in [0.2, 0.25) is 0 Å². The smallest absolute Gasteiger partial charge is 0.191 e. The number of halogens is 1. The monoisotopic (exact) mass is 459 g/mol. The SMILES string of the molecule is CN=C(NCCc1ccccn1)NCCc1csc(C(C)C)n1.I. The molecule has 2 rings (SSSR count). The molecule has 2 heterocycles. The second kappa shape index (κ2) is 11.4. The lowest BCUT2D eigenvalue weighted by Crippen LogP contribution is -2.39. The lowest BCUT2D eigenvalue weighted by atomic mass is 10.2. The highest BCUT2D eigenvalue weighted by molar-refractivity contribution is 14.0. The van der Waals surface area contributed by atoms with Crippen LogP contribution in [0.15, 0.2) is 34.8 Å². The lowest BCUT2D eigenvalue weighted by molar-refractivity contribution is 0.765. The number of aliphatic imine (C=N–C) groups is 1. The van der Waals surface area contributed by atoms with Crippen LogP contribution in [0, 0.1) is 0 Å². The van der Waals surface area contributed by atoms with Crippen LogP contribution < -0.4 is 10.6 Å². The summed E-state index contributed by atoms with van der Waals surface area (Å²) < 4.78 is 0. The molecule has 0 aliphatic carbocycles. The Hall–Kier alpha value is -1.22. The molecule has 0 bridgehead atoms. The summed E-state index contributed by atoms with van der Waals surface area (Å²) in [6, 6.07) is 5.97. The van der Waals surface area contributed by atoms with Gasteiger partial charge in [-0.3, -0.25) is 9.98 Å². The van der Waals surface area contributed by atoms with Crippen molar-refractivity contribution in [3.05, 3.63) is 46.2 Å². The van der Waals surface area contributed by atoms with Crippen molar-refractivity contribution in [2.24, 2.45) is 4.99 Å². The Morgan fingerprint density at radius 1 is 1.17 bits per heavy atom. The van der Waals surface area contributed by atoms with Gasteiger partial charge in [-0.05, 0) is 12.1 Å². The molecule has 0 radical (unpaired) electrons. The third-order valence-electron chi connectivity index (χ3n) is 3.36. The minimum Gasteiger partial charge on any atom is -0.356 e. The molecule has 0 saturated carbocycles. The van der Waals surface area contributed by atoms with Crippen LogP contribution in [0.25, 0.3) is 0 Å². The van der Waals surface area contributed by atoms with Crippen LogP contribution in [0.3, 0.4) is 0 Å². The van der Waals surface area contributed by atoms with Crippen molar-refractivity contribution in [3.8, 4) is 0 Å². The first-order valence-electron chi connectivity index (χ1n) is 7.97. The van der Waals surface area contributed by atoms with Gasteiger partial charge in [-0.25, -0.2) is 4.98 Å². The minimum atomic E-state index is 0. The number of guanidine groups is 1. The minimum absolute atomic E-state index is 0. The van der Waals surface area contributed by atoms with Gasteiger partial charge in [-0.1, -0.05) is 19.9 Å².